The van der Waals surface area contributed by atoms with Gasteiger partial charge in [0.1, 0.15) is 22.8 Å². The highest BCUT2D eigenvalue weighted by atomic mass is 16.5. The Morgan fingerprint density at radius 2 is 1.64 bits per heavy atom. The number of benzene rings is 3. The normalized spacial score (nSPS) is 20.9. The highest BCUT2D eigenvalue weighted by molar-refractivity contribution is 5.56. The summed E-state index contributed by atoms with van der Waals surface area (Å²) in [6.45, 7) is 4.39. The highest BCUT2D eigenvalue weighted by Crippen LogP contribution is 2.50. The number of rotatable bonds is 3. The van der Waals surface area contributed by atoms with Crippen LogP contribution in [0.15, 0.2) is 60.7 Å². The molecule has 0 bridgehead atoms. The van der Waals surface area contributed by atoms with Gasteiger partial charge in [0.25, 0.3) is 0 Å². The molecule has 2 N–H and O–H groups in total. The molecule has 0 fully saturated rings. The van der Waals surface area contributed by atoms with E-state index in [-0.39, 0.29) is 11.7 Å². The van der Waals surface area contributed by atoms with E-state index >= 15 is 0 Å². The van der Waals surface area contributed by atoms with Gasteiger partial charge in [0.15, 0.2) is 0 Å². The number of hydrogen-bond acceptors (Lipinski definition) is 4. The minimum Gasteiger partial charge on any atom is -0.508 e. The number of aryl methyl sites for hydroxylation is 1. The number of ether oxygens (including phenoxy) is 2. The number of fused-ring (bicyclic) bond motifs is 1. The minimum absolute atomic E-state index is 0.195. The average Bonchev–Trinajstić information content (AvgIpc) is 2.72. The van der Waals surface area contributed by atoms with Gasteiger partial charge in [-0.15, -0.1) is 0 Å². The Balaban J connectivity index is 1.93. The van der Waals surface area contributed by atoms with Crippen LogP contribution in [0.1, 0.15) is 33.7 Å². The lowest BCUT2D eigenvalue weighted by Gasteiger charge is -2.42. The van der Waals surface area contributed by atoms with Crippen molar-refractivity contribution in [2.75, 3.05) is 13.7 Å². The zero-order valence-corrected chi connectivity index (χ0v) is 16.3. The van der Waals surface area contributed by atoms with Crippen LogP contribution < -0.4 is 9.47 Å². The number of aromatic hydroxyl groups is 1. The van der Waals surface area contributed by atoms with Crippen LogP contribution in [0.3, 0.4) is 0 Å². The van der Waals surface area contributed by atoms with Crippen LogP contribution in [0.5, 0.6) is 17.2 Å². The van der Waals surface area contributed by atoms with Crippen LogP contribution in [-0.4, -0.2) is 23.9 Å². The third-order valence-electron chi connectivity index (χ3n) is 5.81. The molecule has 4 nitrogen and oxygen atoms in total. The zero-order chi connectivity index (χ0) is 19.9. The molecule has 0 amide bonds. The molecule has 144 valence electrons. The van der Waals surface area contributed by atoms with E-state index in [0.717, 1.165) is 39.3 Å². The molecule has 0 aromatic heterocycles. The fourth-order valence-electron chi connectivity index (χ4n) is 4.00. The quantitative estimate of drug-likeness (QED) is 0.710. The first-order chi connectivity index (χ1) is 13.4. The molecule has 0 saturated carbocycles. The lowest BCUT2D eigenvalue weighted by atomic mass is 9.71. The second-order valence-electron chi connectivity index (χ2n) is 7.33. The summed E-state index contributed by atoms with van der Waals surface area (Å²) in [6, 6.07) is 18.4. The average molecular weight is 376 g/mol. The van der Waals surface area contributed by atoms with E-state index in [1.165, 1.54) is 0 Å². The number of phenols is 1. The summed E-state index contributed by atoms with van der Waals surface area (Å²) in [5, 5.41) is 21.8. The van der Waals surface area contributed by atoms with Gasteiger partial charge in [-0.05, 0) is 60.4 Å². The third kappa shape index (κ3) is 2.81. The SMILES string of the molecule is COc1ccc(C2(O)c3ccc(C)c(C)c3OCC2c2ccc(O)cc2)cc1. The van der Waals surface area contributed by atoms with Crippen LogP contribution in [0.2, 0.25) is 0 Å². The van der Waals surface area contributed by atoms with Gasteiger partial charge in [-0.2, -0.15) is 0 Å². The van der Waals surface area contributed by atoms with Crippen molar-refractivity contribution in [1.82, 2.24) is 0 Å². The molecule has 4 heteroatoms. The smallest absolute Gasteiger partial charge is 0.128 e. The van der Waals surface area contributed by atoms with Crippen LogP contribution in [0.25, 0.3) is 0 Å². The summed E-state index contributed by atoms with van der Waals surface area (Å²) in [6.07, 6.45) is 0. The van der Waals surface area contributed by atoms with Gasteiger partial charge in [-0.3, -0.25) is 0 Å². The van der Waals surface area contributed by atoms with Crippen molar-refractivity contribution in [3.63, 3.8) is 0 Å². The molecule has 28 heavy (non-hydrogen) atoms. The summed E-state index contributed by atoms with van der Waals surface area (Å²) < 4.78 is 11.4. The van der Waals surface area contributed by atoms with Crippen molar-refractivity contribution in [2.45, 2.75) is 25.4 Å². The van der Waals surface area contributed by atoms with Gasteiger partial charge in [-0.25, -0.2) is 0 Å². The van der Waals surface area contributed by atoms with Gasteiger partial charge in [0, 0.05) is 5.56 Å². The molecule has 3 aromatic carbocycles. The Hall–Kier alpha value is -2.98. The van der Waals surface area contributed by atoms with Gasteiger partial charge in [0.05, 0.1) is 19.6 Å². The summed E-state index contributed by atoms with van der Waals surface area (Å²) in [5.41, 5.74) is 3.33. The monoisotopic (exact) mass is 376 g/mol. The van der Waals surface area contributed by atoms with Crippen molar-refractivity contribution in [1.29, 1.82) is 0 Å². The Bertz CT molecular complexity index is 992. The van der Waals surface area contributed by atoms with E-state index in [1.54, 1.807) is 19.2 Å². The van der Waals surface area contributed by atoms with Crippen LogP contribution in [0, 0.1) is 13.8 Å². The second-order valence-corrected chi connectivity index (χ2v) is 7.33. The molecule has 1 aliphatic heterocycles. The van der Waals surface area contributed by atoms with Crippen LogP contribution in [-0.2, 0) is 5.60 Å². The van der Waals surface area contributed by atoms with E-state index in [2.05, 4.69) is 0 Å². The van der Waals surface area contributed by atoms with Crippen molar-refractivity contribution in [3.8, 4) is 17.2 Å². The molecule has 1 aliphatic rings. The second kappa shape index (κ2) is 6.88. The molecule has 1 heterocycles. The predicted molar refractivity (Wildman–Crippen MR) is 108 cm³/mol. The van der Waals surface area contributed by atoms with Crippen molar-refractivity contribution < 1.29 is 19.7 Å². The first-order valence-electron chi connectivity index (χ1n) is 9.34. The molecule has 0 aliphatic carbocycles. The Morgan fingerprint density at radius 1 is 0.964 bits per heavy atom. The van der Waals surface area contributed by atoms with E-state index in [9.17, 15) is 10.2 Å². The number of methoxy groups -OCH3 is 1. The fraction of sp³-hybridized carbons (Fsp3) is 0.250. The molecule has 2 atom stereocenters. The Labute approximate surface area is 165 Å². The molecular formula is C24H24O4. The number of phenolic OH excluding ortho intramolecular Hbond substituents is 1. The van der Waals surface area contributed by atoms with Gasteiger partial charge in [-0.1, -0.05) is 36.4 Å². The lowest BCUT2D eigenvalue weighted by Crippen LogP contribution is -2.42. The standard InChI is InChI=1S/C24H24O4/c1-15-4-13-21-23(16(15)2)28-14-22(17-5-9-19(25)10-6-17)24(21,26)18-7-11-20(27-3)12-8-18/h4-13,22,25-26H,14H2,1-3H3. The first kappa shape index (κ1) is 18.4. The Kier molecular flexibility index (Phi) is 4.52. The molecule has 0 spiro atoms. The van der Waals surface area contributed by atoms with Gasteiger partial charge < -0.3 is 19.7 Å². The predicted octanol–water partition coefficient (Wildman–Crippen LogP) is 4.43. The van der Waals surface area contributed by atoms with Crippen LogP contribution >= 0.6 is 0 Å². The molecule has 0 saturated heterocycles. The maximum Gasteiger partial charge on any atom is 0.128 e. The summed E-state index contributed by atoms with van der Waals surface area (Å²) in [4.78, 5) is 0. The minimum atomic E-state index is -1.27. The van der Waals surface area contributed by atoms with E-state index in [1.807, 2.05) is 62.4 Å². The molecule has 3 aromatic rings. The van der Waals surface area contributed by atoms with E-state index in [0.29, 0.717) is 6.61 Å². The third-order valence-corrected chi connectivity index (χ3v) is 5.81. The zero-order valence-electron chi connectivity index (χ0n) is 16.3. The van der Waals surface area contributed by atoms with Crippen LogP contribution in [0.4, 0.5) is 0 Å². The lowest BCUT2D eigenvalue weighted by molar-refractivity contribution is 0.0103. The van der Waals surface area contributed by atoms with Crippen molar-refractivity contribution >= 4 is 0 Å². The van der Waals surface area contributed by atoms with E-state index < -0.39 is 5.60 Å². The molecule has 0 radical (unpaired) electrons. The molecular weight excluding hydrogens is 352 g/mol. The largest absolute Gasteiger partial charge is 0.508 e. The van der Waals surface area contributed by atoms with Gasteiger partial charge >= 0.3 is 0 Å². The van der Waals surface area contributed by atoms with Crippen molar-refractivity contribution in [2.24, 2.45) is 0 Å². The number of hydrogen-bond donors (Lipinski definition) is 2. The maximum absolute atomic E-state index is 12.2. The Morgan fingerprint density at radius 3 is 2.29 bits per heavy atom. The summed E-state index contributed by atoms with van der Waals surface area (Å²) >= 11 is 0. The summed E-state index contributed by atoms with van der Waals surface area (Å²) in [5.74, 6) is 1.35. The molecule has 4 rings (SSSR count). The van der Waals surface area contributed by atoms with E-state index in [4.69, 9.17) is 9.47 Å². The summed E-state index contributed by atoms with van der Waals surface area (Å²) in [7, 11) is 1.62. The van der Waals surface area contributed by atoms with Gasteiger partial charge in [0.2, 0.25) is 0 Å². The highest BCUT2D eigenvalue weighted by Gasteiger charge is 2.47. The topological polar surface area (TPSA) is 58.9 Å². The maximum atomic E-state index is 12.2. The molecule has 2 unspecified atom stereocenters. The first-order valence-corrected chi connectivity index (χ1v) is 9.34. The number of aliphatic hydroxyl groups is 1. The fourth-order valence-corrected chi connectivity index (χ4v) is 4.00. The van der Waals surface area contributed by atoms with Crippen molar-refractivity contribution in [3.05, 3.63) is 88.5 Å².